The Balaban J connectivity index is 1.14. The molecule has 0 spiro atoms. The second-order valence-electron chi connectivity index (χ2n) is 8.07. The molecule has 1 aliphatic carbocycles. The van der Waals surface area contributed by atoms with Crippen molar-refractivity contribution in [1.82, 2.24) is 15.3 Å². The van der Waals surface area contributed by atoms with Gasteiger partial charge in [0.25, 0.3) is 0 Å². The highest BCUT2D eigenvalue weighted by Crippen LogP contribution is 2.36. The number of nitrogens with one attached hydrogen (secondary N) is 2. The van der Waals surface area contributed by atoms with Gasteiger partial charge in [-0.15, -0.1) is 0 Å². The Labute approximate surface area is 173 Å². The largest absolute Gasteiger partial charge is 0.454 e. The molecule has 156 valence electrons. The summed E-state index contributed by atoms with van der Waals surface area (Å²) < 4.78 is 22.7. The molecular weight excluding hydrogens is 388 g/mol. The van der Waals surface area contributed by atoms with Gasteiger partial charge in [-0.3, -0.25) is 4.79 Å². The van der Waals surface area contributed by atoms with Gasteiger partial charge in [0.1, 0.15) is 12.2 Å². The number of carbonyl (C=O) groups excluding carboxylic acids is 1. The van der Waals surface area contributed by atoms with Crippen LogP contribution in [0, 0.1) is 5.92 Å². The van der Waals surface area contributed by atoms with Crippen molar-refractivity contribution in [3.05, 3.63) is 30.5 Å². The fourth-order valence-corrected chi connectivity index (χ4v) is 4.20. The van der Waals surface area contributed by atoms with Crippen molar-refractivity contribution in [2.75, 3.05) is 25.3 Å². The van der Waals surface area contributed by atoms with Gasteiger partial charge in [-0.25, -0.2) is 9.97 Å². The first-order valence-electron chi connectivity index (χ1n) is 10.3. The Morgan fingerprint density at radius 2 is 1.80 bits per heavy atom. The average molecular weight is 410 g/mol. The number of carbonyl (C=O) groups is 1. The molecule has 9 nitrogen and oxygen atoms in total. The van der Waals surface area contributed by atoms with Crippen molar-refractivity contribution in [3.63, 3.8) is 0 Å². The van der Waals surface area contributed by atoms with Crippen LogP contribution < -0.4 is 20.1 Å². The van der Waals surface area contributed by atoms with Crippen molar-refractivity contribution < 1.29 is 23.7 Å². The van der Waals surface area contributed by atoms with Crippen LogP contribution in [0.1, 0.15) is 12.8 Å². The van der Waals surface area contributed by atoms with E-state index in [2.05, 4.69) is 20.6 Å². The summed E-state index contributed by atoms with van der Waals surface area (Å²) >= 11 is 0. The molecule has 30 heavy (non-hydrogen) atoms. The van der Waals surface area contributed by atoms with Crippen LogP contribution in [-0.4, -0.2) is 60.2 Å². The molecule has 2 N–H and O–H groups in total. The molecule has 3 aliphatic heterocycles. The van der Waals surface area contributed by atoms with Gasteiger partial charge in [0.2, 0.25) is 18.6 Å². The molecule has 0 bridgehead atoms. The van der Waals surface area contributed by atoms with E-state index >= 15 is 0 Å². The molecule has 4 aliphatic rings. The van der Waals surface area contributed by atoms with Crippen LogP contribution in [-0.2, 0) is 14.3 Å². The number of fused-ring (bicyclic) bond motifs is 2. The minimum Gasteiger partial charge on any atom is -0.454 e. The number of anilines is 1. The highest BCUT2D eigenvalue weighted by Gasteiger charge is 2.49. The van der Waals surface area contributed by atoms with E-state index < -0.39 is 0 Å². The molecule has 1 aromatic heterocycles. The Morgan fingerprint density at radius 1 is 1.00 bits per heavy atom. The van der Waals surface area contributed by atoms with Crippen LogP contribution in [0.4, 0.5) is 5.95 Å². The number of ether oxygens (including phenoxy) is 4. The maximum absolute atomic E-state index is 12.1. The zero-order valence-electron chi connectivity index (χ0n) is 16.2. The summed E-state index contributed by atoms with van der Waals surface area (Å²) in [5.74, 6) is 2.25. The van der Waals surface area contributed by atoms with Crippen LogP contribution in [0.2, 0.25) is 0 Å². The van der Waals surface area contributed by atoms with Gasteiger partial charge < -0.3 is 29.6 Å². The normalized spacial score (nSPS) is 28.9. The van der Waals surface area contributed by atoms with Gasteiger partial charge in [-0.1, -0.05) is 0 Å². The Hall–Kier alpha value is -2.91. The number of benzene rings is 1. The quantitative estimate of drug-likeness (QED) is 0.761. The maximum atomic E-state index is 12.1. The lowest BCUT2D eigenvalue weighted by Gasteiger charge is -2.18. The van der Waals surface area contributed by atoms with Gasteiger partial charge in [0, 0.05) is 17.7 Å². The number of aromatic nitrogens is 2. The molecule has 3 fully saturated rings. The smallest absolute Gasteiger partial charge is 0.231 e. The highest BCUT2D eigenvalue weighted by molar-refractivity contribution is 5.81. The molecule has 4 unspecified atom stereocenters. The number of nitrogens with zero attached hydrogens (tertiary/aromatic N) is 2. The van der Waals surface area contributed by atoms with E-state index in [9.17, 15) is 4.79 Å². The summed E-state index contributed by atoms with van der Waals surface area (Å²) in [7, 11) is 0. The van der Waals surface area contributed by atoms with Crippen LogP contribution in [0.25, 0.3) is 11.3 Å². The molecule has 1 amide bonds. The first kappa shape index (κ1) is 17.9. The molecule has 2 aromatic rings. The predicted molar refractivity (Wildman–Crippen MR) is 105 cm³/mol. The summed E-state index contributed by atoms with van der Waals surface area (Å²) in [6.45, 7) is 1.18. The Morgan fingerprint density at radius 3 is 2.67 bits per heavy atom. The molecule has 4 heterocycles. The minimum atomic E-state index is -0.151. The fourth-order valence-electron chi connectivity index (χ4n) is 4.20. The van der Waals surface area contributed by atoms with Crippen molar-refractivity contribution in [1.29, 1.82) is 0 Å². The topological polar surface area (TPSA) is 104 Å². The van der Waals surface area contributed by atoms with Crippen LogP contribution in [0.15, 0.2) is 30.5 Å². The zero-order valence-corrected chi connectivity index (χ0v) is 16.2. The predicted octanol–water partition coefficient (Wildman–Crippen LogP) is 1.35. The summed E-state index contributed by atoms with van der Waals surface area (Å²) in [5.41, 5.74) is 1.70. The molecule has 0 radical (unpaired) electrons. The van der Waals surface area contributed by atoms with Crippen molar-refractivity contribution in [3.8, 4) is 22.8 Å². The lowest BCUT2D eigenvalue weighted by Crippen LogP contribution is -2.45. The van der Waals surface area contributed by atoms with Gasteiger partial charge in [-0.05, 0) is 37.1 Å². The summed E-state index contributed by atoms with van der Waals surface area (Å²) in [6, 6.07) is 7.41. The lowest BCUT2D eigenvalue weighted by molar-refractivity contribution is -0.123. The van der Waals surface area contributed by atoms with Crippen LogP contribution >= 0.6 is 0 Å². The van der Waals surface area contributed by atoms with Crippen LogP contribution in [0.5, 0.6) is 11.5 Å². The summed E-state index contributed by atoms with van der Waals surface area (Å²) in [4.78, 5) is 21.1. The van der Waals surface area contributed by atoms with Gasteiger partial charge in [0.05, 0.1) is 31.0 Å². The Bertz CT molecular complexity index is 982. The number of rotatable bonds is 5. The van der Waals surface area contributed by atoms with Gasteiger partial charge in [-0.2, -0.15) is 0 Å². The van der Waals surface area contributed by atoms with Gasteiger partial charge in [0.15, 0.2) is 11.5 Å². The number of amides is 1. The van der Waals surface area contributed by atoms with E-state index in [4.69, 9.17) is 18.9 Å². The number of hydrogen-bond acceptors (Lipinski definition) is 8. The average Bonchev–Trinajstić information content (AvgIpc) is 3.20. The fraction of sp³-hybridized carbons (Fsp3) is 0.476. The third-order valence-corrected chi connectivity index (χ3v) is 5.97. The standard InChI is InChI=1S/C21H22N4O5/c26-20(11-1-2-11)23-14-8-27-19-15(9-28-18(14)19)25-21-22-6-5-13(24-21)12-3-4-16-17(7-12)30-10-29-16/h3-7,11,14-15,18-19H,1-2,8-10H2,(H,23,26)(H,22,24,25). The summed E-state index contributed by atoms with van der Waals surface area (Å²) in [5, 5.41) is 6.42. The second-order valence-corrected chi connectivity index (χ2v) is 8.07. The third-order valence-electron chi connectivity index (χ3n) is 5.97. The number of hydrogen-bond donors (Lipinski definition) is 2. The minimum absolute atomic E-state index is 0.0789. The van der Waals surface area contributed by atoms with Gasteiger partial charge >= 0.3 is 0 Å². The van der Waals surface area contributed by atoms with E-state index in [1.807, 2.05) is 24.3 Å². The zero-order chi connectivity index (χ0) is 20.1. The first-order valence-corrected chi connectivity index (χ1v) is 10.3. The van der Waals surface area contributed by atoms with E-state index in [0.717, 1.165) is 29.8 Å². The van der Waals surface area contributed by atoms with E-state index in [1.165, 1.54) is 0 Å². The van der Waals surface area contributed by atoms with Crippen molar-refractivity contribution in [2.24, 2.45) is 5.92 Å². The Kier molecular flexibility index (Phi) is 4.24. The molecular formula is C21H22N4O5. The van der Waals surface area contributed by atoms with Crippen molar-refractivity contribution in [2.45, 2.75) is 37.1 Å². The second kappa shape index (κ2) is 7.10. The molecule has 1 aromatic carbocycles. The van der Waals surface area contributed by atoms with Crippen molar-refractivity contribution >= 4 is 11.9 Å². The first-order chi connectivity index (χ1) is 14.7. The van der Waals surface area contributed by atoms with E-state index in [-0.39, 0.29) is 42.9 Å². The van der Waals surface area contributed by atoms with Crippen LogP contribution in [0.3, 0.4) is 0 Å². The third kappa shape index (κ3) is 3.23. The monoisotopic (exact) mass is 410 g/mol. The highest BCUT2D eigenvalue weighted by atomic mass is 16.7. The molecule has 6 rings (SSSR count). The lowest BCUT2D eigenvalue weighted by atomic mass is 10.1. The van der Waals surface area contributed by atoms with E-state index in [1.54, 1.807) is 6.20 Å². The maximum Gasteiger partial charge on any atom is 0.231 e. The molecule has 4 atom stereocenters. The SMILES string of the molecule is O=C(NC1COC2C(Nc3nccc(-c4ccc5c(c4)OCO5)n3)COC12)C1CC1. The van der Waals surface area contributed by atoms with E-state index in [0.29, 0.717) is 24.9 Å². The summed E-state index contributed by atoms with van der Waals surface area (Å²) in [6.07, 6.45) is 3.39. The molecule has 1 saturated carbocycles. The molecule has 2 saturated heterocycles. The molecule has 9 heteroatoms.